The largest absolute Gasteiger partial charge is 0.423 e. The molecule has 0 aliphatic rings. The highest BCUT2D eigenvalue weighted by Crippen LogP contribution is 2.38. The van der Waals surface area contributed by atoms with Crippen molar-refractivity contribution in [3.8, 4) is 11.3 Å². The quantitative estimate of drug-likeness (QED) is 0.699. The fourth-order valence-corrected chi connectivity index (χ4v) is 3.95. The summed E-state index contributed by atoms with van der Waals surface area (Å²) >= 11 is 6.26. The van der Waals surface area contributed by atoms with Crippen molar-refractivity contribution in [2.75, 3.05) is 18.1 Å². The maximum atomic E-state index is 12.2. The molecule has 3 N–H and O–H groups in total. The zero-order chi connectivity index (χ0) is 18.2. The van der Waals surface area contributed by atoms with Gasteiger partial charge in [-0.15, -0.1) is 0 Å². The summed E-state index contributed by atoms with van der Waals surface area (Å²) in [4.78, 5) is 8.50. The molecule has 0 saturated heterocycles. The van der Waals surface area contributed by atoms with Gasteiger partial charge in [0.2, 0.25) is 0 Å². The lowest BCUT2D eigenvalue weighted by Gasteiger charge is -2.07. The molecule has 7 nitrogen and oxygen atoms in total. The van der Waals surface area contributed by atoms with E-state index in [-0.39, 0.29) is 27.5 Å². The molecule has 9 heteroatoms. The Kier molecular flexibility index (Phi) is 4.68. The fourth-order valence-electron chi connectivity index (χ4n) is 2.42. The summed E-state index contributed by atoms with van der Waals surface area (Å²) in [6.45, 7) is 2.23. The fraction of sp³-hybridized carbons (Fsp3) is 0.250. The average Bonchev–Trinajstić information content (AvgIpc) is 2.96. The van der Waals surface area contributed by atoms with Gasteiger partial charge >= 0.3 is 0 Å². The molecule has 1 aromatic carbocycles. The molecule has 3 aromatic rings. The molecule has 0 spiro atoms. The minimum absolute atomic E-state index is 0.0685. The number of fused-ring (bicyclic) bond motifs is 1. The van der Waals surface area contributed by atoms with Crippen LogP contribution in [0.2, 0.25) is 5.02 Å². The van der Waals surface area contributed by atoms with Crippen molar-refractivity contribution in [2.45, 2.75) is 17.9 Å². The molecule has 0 saturated carbocycles. The predicted molar refractivity (Wildman–Crippen MR) is 97.5 cm³/mol. The highest BCUT2D eigenvalue weighted by Gasteiger charge is 2.25. The Hall–Kier alpha value is -2.16. The number of anilines is 1. The summed E-state index contributed by atoms with van der Waals surface area (Å²) in [5, 5.41) is 3.07. The van der Waals surface area contributed by atoms with Gasteiger partial charge in [0.1, 0.15) is 10.4 Å². The molecule has 0 aliphatic heterocycles. The van der Waals surface area contributed by atoms with Gasteiger partial charge in [0, 0.05) is 30.6 Å². The maximum Gasteiger partial charge on any atom is 0.296 e. The zero-order valence-electron chi connectivity index (χ0n) is 13.7. The standard InChI is InChI=1S/C16H17ClN4O3S/c1-9(8-18)20-16-21-13-14(24-16)10(12-5-3-4-6-19-12)7-11(17)15(13)25(2,22)23/h3-7,9H,8,18H2,1-2H3,(H,20,21)/t9-/m0/s1. The first kappa shape index (κ1) is 17.7. The SMILES string of the molecule is C[C@@H](CN)Nc1nc2c(S(C)(=O)=O)c(Cl)cc(-c3ccccn3)c2o1. The Balaban J connectivity index is 2.32. The lowest BCUT2D eigenvalue weighted by Crippen LogP contribution is -2.25. The topological polar surface area (TPSA) is 111 Å². The van der Waals surface area contributed by atoms with Crippen LogP contribution in [-0.4, -0.2) is 37.2 Å². The Morgan fingerprint density at radius 3 is 2.76 bits per heavy atom. The van der Waals surface area contributed by atoms with E-state index < -0.39 is 9.84 Å². The Morgan fingerprint density at radius 1 is 1.40 bits per heavy atom. The molecular weight excluding hydrogens is 364 g/mol. The van der Waals surface area contributed by atoms with Crippen LogP contribution in [0.4, 0.5) is 6.01 Å². The van der Waals surface area contributed by atoms with Crippen LogP contribution in [0.15, 0.2) is 39.8 Å². The Morgan fingerprint density at radius 2 is 2.16 bits per heavy atom. The van der Waals surface area contributed by atoms with E-state index in [9.17, 15) is 8.42 Å². The third-order valence-corrected chi connectivity index (χ3v) is 5.17. The summed E-state index contributed by atoms with van der Waals surface area (Å²) in [5.74, 6) is 0. The first-order valence-corrected chi connectivity index (χ1v) is 9.79. The van der Waals surface area contributed by atoms with Gasteiger partial charge in [0.25, 0.3) is 6.01 Å². The van der Waals surface area contributed by atoms with Gasteiger partial charge in [-0.1, -0.05) is 17.7 Å². The number of pyridine rings is 1. The number of nitrogens with two attached hydrogens (primary N) is 1. The molecular formula is C16H17ClN4O3S. The summed E-state index contributed by atoms with van der Waals surface area (Å²) in [6.07, 6.45) is 2.71. The second-order valence-corrected chi connectivity index (χ2v) is 8.06. The van der Waals surface area contributed by atoms with Crippen LogP contribution in [0.5, 0.6) is 0 Å². The Labute approximate surface area is 150 Å². The molecule has 1 atom stereocenters. The third kappa shape index (κ3) is 3.46. The third-order valence-electron chi connectivity index (χ3n) is 3.61. The number of halogens is 1. The second-order valence-electron chi connectivity index (χ2n) is 5.70. The minimum atomic E-state index is -3.61. The molecule has 25 heavy (non-hydrogen) atoms. The number of oxazole rings is 1. The van der Waals surface area contributed by atoms with Gasteiger partial charge in [0.15, 0.2) is 15.4 Å². The van der Waals surface area contributed by atoms with E-state index in [1.807, 2.05) is 13.0 Å². The summed E-state index contributed by atoms with van der Waals surface area (Å²) < 4.78 is 30.1. The van der Waals surface area contributed by atoms with Crippen molar-refractivity contribution in [1.82, 2.24) is 9.97 Å². The van der Waals surface area contributed by atoms with Crippen molar-refractivity contribution in [2.24, 2.45) is 5.73 Å². The van der Waals surface area contributed by atoms with E-state index in [4.69, 9.17) is 21.8 Å². The van der Waals surface area contributed by atoms with E-state index in [0.29, 0.717) is 23.4 Å². The number of rotatable bonds is 5. The average molecular weight is 381 g/mol. The van der Waals surface area contributed by atoms with Crippen molar-refractivity contribution >= 4 is 38.6 Å². The predicted octanol–water partition coefficient (Wildman–Crippen LogP) is 2.71. The van der Waals surface area contributed by atoms with Crippen LogP contribution >= 0.6 is 11.6 Å². The van der Waals surface area contributed by atoms with Crippen molar-refractivity contribution in [3.63, 3.8) is 0 Å². The smallest absolute Gasteiger partial charge is 0.296 e. The maximum absolute atomic E-state index is 12.2. The number of nitrogens with one attached hydrogen (secondary N) is 1. The van der Waals surface area contributed by atoms with Crippen LogP contribution in [0, 0.1) is 0 Å². The van der Waals surface area contributed by atoms with Crippen LogP contribution in [0.3, 0.4) is 0 Å². The van der Waals surface area contributed by atoms with E-state index in [1.54, 1.807) is 18.3 Å². The number of sulfone groups is 1. The van der Waals surface area contributed by atoms with Gasteiger partial charge in [-0.3, -0.25) is 4.98 Å². The second kappa shape index (κ2) is 6.62. The number of aromatic nitrogens is 2. The first-order valence-electron chi connectivity index (χ1n) is 7.52. The minimum Gasteiger partial charge on any atom is -0.423 e. The van der Waals surface area contributed by atoms with E-state index in [2.05, 4.69) is 15.3 Å². The lowest BCUT2D eigenvalue weighted by molar-refractivity contribution is 0.599. The number of nitrogens with zero attached hydrogens (tertiary/aromatic N) is 2. The molecule has 132 valence electrons. The van der Waals surface area contributed by atoms with Crippen molar-refractivity contribution in [1.29, 1.82) is 0 Å². The molecule has 0 amide bonds. The molecule has 0 aliphatic carbocycles. The molecule has 0 radical (unpaired) electrons. The van der Waals surface area contributed by atoms with Gasteiger partial charge < -0.3 is 15.5 Å². The Bertz CT molecular complexity index is 1020. The van der Waals surface area contributed by atoms with Gasteiger partial charge in [0.05, 0.1) is 10.7 Å². The highest BCUT2D eigenvalue weighted by molar-refractivity contribution is 7.91. The highest BCUT2D eigenvalue weighted by atomic mass is 35.5. The molecule has 0 unspecified atom stereocenters. The van der Waals surface area contributed by atoms with Crippen LogP contribution in [0.1, 0.15) is 6.92 Å². The van der Waals surface area contributed by atoms with Crippen LogP contribution in [0.25, 0.3) is 22.4 Å². The van der Waals surface area contributed by atoms with Gasteiger partial charge in [-0.05, 0) is 25.1 Å². The normalized spacial score (nSPS) is 13.1. The van der Waals surface area contributed by atoms with Gasteiger partial charge in [-0.25, -0.2) is 8.42 Å². The van der Waals surface area contributed by atoms with E-state index in [1.165, 1.54) is 6.07 Å². The molecule has 3 rings (SSSR count). The number of benzene rings is 1. The lowest BCUT2D eigenvalue weighted by atomic mass is 10.1. The van der Waals surface area contributed by atoms with Crippen molar-refractivity contribution in [3.05, 3.63) is 35.5 Å². The molecule has 0 bridgehead atoms. The number of hydrogen-bond acceptors (Lipinski definition) is 7. The van der Waals surface area contributed by atoms with E-state index in [0.717, 1.165) is 6.26 Å². The van der Waals surface area contributed by atoms with E-state index >= 15 is 0 Å². The monoisotopic (exact) mass is 380 g/mol. The summed E-state index contributed by atoms with van der Waals surface area (Å²) in [6, 6.07) is 7.00. The van der Waals surface area contributed by atoms with Crippen molar-refractivity contribution < 1.29 is 12.8 Å². The van der Waals surface area contributed by atoms with Crippen LogP contribution < -0.4 is 11.1 Å². The van der Waals surface area contributed by atoms with Crippen LogP contribution in [-0.2, 0) is 9.84 Å². The molecule has 0 fully saturated rings. The summed E-state index contributed by atoms with van der Waals surface area (Å²) in [7, 11) is -3.61. The zero-order valence-corrected chi connectivity index (χ0v) is 15.2. The number of hydrogen-bond donors (Lipinski definition) is 2. The first-order chi connectivity index (χ1) is 11.8. The molecule has 2 heterocycles. The summed E-state index contributed by atoms with van der Waals surface area (Å²) in [5.41, 5.74) is 7.23. The van der Waals surface area contributed by atoms with Gasteiger partial charge in [-0.2, -0.15) is 4.98 Å². The molecule has 2 aromatic heterocycles.